The van der Waals surface area contributed by atoms with E-state index < -0.39 is 17.7 Å². The number of pyridine rings is 1. The lowest BCUT2D eigenvalue weighted by atomic mass is 9.76. The van der Waals surface area contributed by atoms with Gasteiger partial charge in [0.25, 0.3) is 0 Å². The van der Waals surface area contributed by atoms with Crippen molar-refractivity contribution in [3.8, 4) is 16.9 Å². The number of anilines is 1. The quantitative estimate of drug-likeness (QED) is 0.202. The number of ether oxygens (including phenoxy) is 3. The Labute approximate surface area is 287 Å². The van der Waals surface area contributed by atoms with Crippen LogP contribution in [0.3, 0.4) is 0 Å². The van der Waals surface area contributed by atoms with Crippen molar-refractivity contribution in [3.05, 3.63) is 76.9 Å². The lowest BCUT2D eigenvalue weighted by molar-refractivity contribution is -0.171. The molecule has 7 heteroatoms. The van der Waals surface area contributed by atoms with Gasteiger partial charge in [-0.2, -0.15) is 0 Å². The maximum Gasteiger partial charge on any atom is 0.340 e. The Morgan fingerprint density at radius 1 is 0.896 bits per heavy atom. The second-order valence-corrected chi connectivity index (χ2v) is 15.9. The maximum atomic E-state index is 13.8. The molecule has 2 fully saturated rings. The first-order valence-corrected chi connectivity index (χ1v) is 17.7. The molecular formula is C41H55FN2O4. The summed E-state index contributed by atoms with van der Waals surface area (Å²) in [5.41, 5.74) is 6.08. The van der Waals surface area contributed by atoms with Crippen molar-refractivity contribution in [2.75, 3.05) is 24.6 Å². The van der Waals surface area contributed by atoms with Gasteiger partial charge >= 0.3 is 5.97 Å². The molecule has 1 atom stereocenters. The highest BCUT2D eigenvalue weighted by molar-refractivity contribution is 5.88. The third-order valence-electron chi connectivity index (χ3n) is 10.1. The molecule has 1 saturated carbocycles. The van der Waals surface area contributed by atoms with Crippen molar-refractivity contribution in [3.63, 3.8) is 0 Å². The number of aromatic nitrogens is 1. The third kappa shape index (κ3) is 8.22. The van der Waals surface area contributed by atoms with Gasteiger partial charge in [-0.25, -0.2) is 9.18 Å². The zero-order chi connectivity index (χ0) is 34.9. The average molecular weight is 659 g/mol. The molecular weight excluding hydrogens is 603 g/mol. The molecule has 2 heterocycles. The highest BCUT2D eigenvalue weighted by atomic mass is 19.1. The summed E-state index contributed by atoms with van der Waals surface area (Å²) >= 11 is 0. The van der Waals surface area contributed by atoms with Crippen LogP contribution in [0.2, 0.25) is 0 Å². The summed E-state index contributed by atoms with van der Waals surface area (Å²) in [5.74, 6) is 0.117. The van der Waals surface area contributed by atoms with E-state index in [1.165, 1.54) is 37.8 Å². The predicted octanol–water partition coefficient (Wildman–Crippen LogP) is 9.83. The number of aryl methyl sites for hydroxylation is 2. The number of carbonyl (C=O) groups excluding carboxylic acids is 1. The van der Waals surface area contributed by atoms with E-state index in [2.05, 4.69) is 37.8 Å². The molecule has 0 bridgehead atoms. The van der Waals surface area contributed by atoms with Crippen LogP contribution in [0, 0.1) is 25.1 Å². The normalized spacial score (nSPS) is 17.2. The third-order valence-corrected chi connectivity index (χ3v) is 10.1. The van der Waals surface area contributed by atoms with Crippen molar-refractivity contribution < 1.29 is 23.4 Å². The first-order valence-electron chi connectivity index (χ1n) is 17.7. The standard InChI is InChI=1S/C41H55FN2O4/c1-27(2)47-38(45)37(48-39(5,6)7)35-29(4)43-28(3)34(36(35)44-24-22-41(23-25-44)20-10-11-21-41)30-12-18-33(19-13-30)46-26-40(8,9)31-14-16-32(42)17-15-31/h12-19,27,37H,10-11,20-26H2,1-9H3/t37-/m0/s1. The van der Waals surface area contributed by atoms with E-state index in [1.807, 2.05) is 65.8 Å². The van der Waals surface area contributed by atoms with Crippen LogP contribution in [0.1, 0.15) is 116 Å². The van der Waals surface area contributed by atoms with E-state index in [-0.39, 0.29) is 17.3 Å². The average Bonchev–Trinajstić information content (AvgIpc) is 3.47. The van der Waals surface area contributed by atoms with Crippen LogP contribution in [0.25, 0.3) is 11.1 Å². The molecule has 0 amide bonds. The fourth-order valence-corrected chi connectivity index (χ4v) is 7.50. The van der Waals surface area contributed by atoms with E-state index in [0.29, 0.717) is 12.0 Å². The largest absolute Gasteiger partial charge is 0.493 e. The van der Waals surface area contributed by atoms with Gasteiger partial charge in [0.1, 0.15) is 11.6 Å². The van der Waals surface area contributed by atoms with Crippen LogP contribution in [0.4, 0.5) is 10.1 Å². The highest BCUT2D eigenvalue weighted by Gasteiger charge is 2.41. The van der Waals surface area contributed by atoms with Gasteiger partial charge < -0.3 is 19.1 Å². The van der Waals surface area contributed by atoms with Gasteiger partial charge in [-0.05, 0) is 115 Å². The number of benzene rings is 2. The smallest absolute Gasteiger partial charge is 0.340 e. The Morgan fingerprint density at radius 2 is 1.50 bits per heavy atom. The molecule has 1 aliphatic carbocycles. The number of hydrogen-bond acceptors (Lipinski definition) is 6. The topological polar surface area (TPSA) is 60.9 Å². The molecule has 1 aromatic heterocycles. The number of piperidine rings is 1. The number of rotatable bonds is 10. The zero-order valence-corrected chi connectivity index (χ0v) is 30.5. The van der Waals surface area contributed by atoms with Crippen LogP contribution in [-0.2, 0) is 19.7 Å². The fourth-order valence-electron chi connectivity index (χ4n) is 7.50. The molecule has 0 N–H and O–H groups in total. The molecule has 5 rings (SSSR count). The Kier molecular flexibility index (Phi) is 10.6. The van der Waals surface area contributed by atoms with Gasteiger partial charge in [-0.15, -0.1) is 0 Å². The van der Waals surface area contributed by atoms with Gasteiger partial charge in [0.15, 0.2) is 6.10 Å². The van der Waals surface area contributed by atoms with Crippen molar-refractivity contribution in [1.29, 1.82) is 0 Å². The molecule has 1 saturated heterocycles. The van der Waals surface area contributed by atoms with Crippen molar-refractivity contribution in [1.82, 2.24) is 4.98 Å². The van der Waals surface area contributed by atoms with Gasteiger partial charge in [0, 0.05) is 41.0 Å². The summed E-state index contributed by atoms with van der Waals surface area (Å²) in [6.45, 7) is 20.2. The first-order chi connectivity index (χ1) is 22.6. The monoisotopic (exact) mass is 658 g/mol. The summed E-state index contributed by atoms with van der Waals surface area (Å²) in [6, 6.07) is 14.8. The number of halogens is 1. The molecule has 3 aromatic rings. The van der Waals surface area contributed by atoms with Crippen molar-refractivity contribution >= 4 is 11.7 Å². The number of esters is 1. The maximum absolute atomic E-state index is 13.8. The number of hydrogen-bond donors (Lipinski definition) is 0. The molecule has 2 aromatic carbocycles. The van der Waals surface area contributed by atoms with E-state index in [1.54, 1.807) is 0 Å². The van der Waals surface area contributed by atoms with E-state index >= 15 is 0 Å². The molecule has 6 nitrogen and oxygen atoms in total. The minimum Gasteiger partial charge on any atom is -0.493 e. The molecule has 0 unspecified atom stereocenters. The molecule has 0 radical (unpaired) electrons. The minimum absolute atomic E-state index is 0.245. The van der Waals surface area contributed by atoms with Gasteiger partial charge in [-0.1, -0.05) is 51.0 Å². The van der Waals surface area contributed by atoms with Crippen LogP contribution in [-0.4, -0.2) is 42.4 Å². The Hall–Kier alpha value is -3.45. The number of carbonyl (C=O) groups is 1. The molecule has 1 aliphatic heterocycles. The second-order valence-electron chi connectivity index (χ2n) is 15.9. The highest BCUT2D eigenvalue weighted by Crippen LogP contribution is 2.50. The summed E-state index contributed by atoms with van der Waals surface area (Å²) in [6.07, 6.45) is 6.35. The van der Waals surface area contributed by atoms with Crippen LogP contribution in [0.5, 0.6) is 5.75 Å². The van der Waals surface area contributed by atoms with E-state index in [9.17, 15) is 9.18 Å². The Morgan fingerprint density at radius 3 is 2.06 bits per heavy atom. The van der Waals surface area contributed by atoms with Crippen LogP contribution >= 0.6 is 0 Å². The fraction of sp³-hybridized carbons (Fsp3) is 0.561. The summed E-state index contributed by atoms with van der Waals surface area (Å²) in [5, 5.41) is 0. The summed E-state index contributed by atoms with van der Waals surface area (Å²) in [7, 11) is 0. The zero-order valence-electron chi connectivity index (χ0n) is 30.5. The number of nitrogens with zero attached hydrogens (tertiary/aromatic N) is 2. The van der Waals surface area contributed by atoms with Gasteiger partial charge in [0.2, 0.25) is 0 Å². The van der Waals surface area contributed by atoms with E-state index in [0.717, 1.165) is 71.0 Å². The Bertz CT molecular complexity index is 1560. The summed E-state index contributed by atoms with van der Waals surface area (Å²) < 4.78 is 32.2. The van der Waals surface area contributed by atoms with Gasteiger partial charge in [-0.3, -0.25) is 4.98 Å². The van der Waals surface area contributed by atoms with Crippen molar-refractivity contribution in [2.45, 2.75) is 124 Å². The molecule has 260 valence electrons. The van der Waals surface area contributed by atoms with Gasteiger partial charge in [0.05, 0.1) is 24.0 Å². The molecule has 1 spiro atoms. The second kappa shape index (κ2) is 14.2. The lowest BCUT2D eigenvalue weighted by Gasteiger charge is -2.43. The SMILES string of the molecule is Cc1nc(C)c([C@H](OC(C)(C)C)C(=O)OC(C)C)c(N2CCC3(CCCC3)CC2)c1-c1ccc(OCC(C)(C)c2ccc(F)cc2)cc1. The summed E-state index contributed by atoms with van der Waals surface area (Å²) in [4.78, 5) is 21.4. The predicted molar refractivity (Wildman–Crippen MR) is 191 cm³/mol. The minimum atomic E-state index is -0.923. The molecule has 2 aliphatic rings. The van der Waals surface area contributed by atoms with Crippen LogP contribution < -0.4 is 9.64 Å². The van der Waals surface area contributed by atoms with Crippen molar-refractivity contribution in [2.24, 2.45) is 5.41 Å². The van der Waals surface area contributed by atoms with E-state index in [4.69, 9.17) is 19.2 Å². The lowest BCUT2D eigenvalue weighted by Crippen LogP contribution is -2.41. The molecule has 48 heavy (non-hydrogen) atoms. The first kappa shape index (κ1) is 35.8. The Balaban J connectivity index is 1.54. The van der Waals surface area contributed by atoms with Crippen LogP contribution in [0.15, 0.2) is 48.5 Å².